The van der Waals surface area contributed by atoms with Crippen LogP contribution in [0, 0.1) is 0 Å². The van der Waals surface area contributed by atoms with Crippen LogP contribution < -0.4 is 0 Å². The zero-order chi connectivity index (χ0) is 13.9. The first kappa shape index (κ1) is 13.7. The number of fused-ring (bicyclic) bond motifs is 1. The van der Waals surface area contributed by atoms with Crippen molar-refractivity contribution in [2.24, 2.45) is 0 Å². The quantitative estimate of drug-likeness (QED) is 0.578. The van der Waals surface area contributed by atoms with Crippen molar-refractivity contribution in [1.82, 2.24) is 0 Å². The molecule has 0 radical (unpaired) electrons. The van der Waals surface area contributed by atoms with Gasteiger partial charge in [0.2, 0.25) is 0 Å². The van der Waals surface area contributed by atoms with Crippen molar-refractivity contribution in [1.29, 1.82) is 0 Å². The van der Waals surface area contributed by atoms with E-state index in [2.05, 4.69) is 79.1 Å². The molecule has 2 unspecified atom stereocenters. The molecular weight excluding hydrogens is 278 g/mol. The highest BCUT2D eigenvalue weighted by atomic mass is 31.0. The van der Waals surface area contributed by atoms with E-state index in [1.54, 1.807) is 0 Å². The predicted molar refractivity (Wildman–Crippen MR) is 96.2 cm³/mol. The first-order valence-electron chi connectivity index (χ1n) is 6.83. The summed E-state index contributed by atoms with van der Waals surface area (Å²) in [4.78, 5) is 0. The van der Waals surface area contributed by atoms with Gasteiger partial charge in [-0.3, -0.25) is 0 Å². The summed E-state index contributed by atoms with van der Waals surface area (Å²) >= 11 is 0. The number of rotatable bonds is 3. The van der Waals surface area contributed by atoms with Gasteiger partial charge in [-0.15, -0.1) is 18.5 Å². The van der Waals surface area contributed by atoms with Gasteiger partial charge in [-0.1, -0.05) is 60.7 Å². The van der Waals surface area contributed by atoms with Gasteiger partial charge in [-0.2, -0.15) is 0 Å². The molecule has 0 fully saturated rings. The van der Waals surface area contributed by atoms with Gasteiger partial charge in [0, 0.05) is 0 Å². The maximum atomic E-state index is 2.82. The van der Waals surface area contributed by atoms with Crippen LogP contribution in [0.2, 0.25) is 0 Å². The number of hydrogen-bond donors (Lipinski definition) is 0. The summed E-state index contributed by atoms with van der Waals surface area (Å²) in [6, 6.07) is 22.0. The molecule has 0 aliphatic carbocycles. The molecule has 0 nitrogen and oxygen atoms in total. The van der Waals surface area contributed by atoms with Gasteiger partial charge in [0.25, 0.3) is 0 Å². The molecule has 20 heavy (non-hydrogen) atoms. The Morgan fingerprint density at radius 1 is 0.650 bits per heavy atom. The Hall–Kier alpha value is -1.22. The lowest BCUT2D eigenvalue weighted by Gasteiger charge is -2.10. The molecule has 3 aromatic rings. The summed E-state index contributed by atoms with van der Waals surface area (Å²) in [5.41, 5.74) is 5.34. The summed E-state index contributed by atoms with van der Waals surface area (Å²) in [6.07, 6.45) is 2.00. The topological polar surface area (TPSA) is 0 Å². The van der Waals surface area contributed by atoms with Gasteiger partial charge in [0.05, 0.1) is 0 Å². The Bertz CT molecular complexity index is 730. The standard InChI is InChI=1S/C18H18P2/c19-11-13-7-9-14(10-8-13)16-4-2-5-17-15(12-20)3-1-6-18(16)17/h1-10H,11-12,19-20H2. The minimum absolute atomic E-state index is 0.993. The normalized spacial score (nSPS) is 10.9. The summed E-state index contributed by atoms with van der Waals surface area (Å²) in [7, 11) is 5.59. The maximum absolute atomic E-state index is 2.82. The fourth-order valence-electron chi connectivity index (χ4n) is 2.63. The van der Waals surface area contributed by atoms with E-state index in [4.69, 9.17) is 0 Å². The van der Waals surface area contributed by atoms with Crippen LogP contribution in [0.25, 0.3) is 21.9 Å². The minimum Gasteiger partial charge on any atom is -0.133 e. The van der Waals surface area contributed by atoms with E-state index in [0.29, 0.717) is 0 Å². The lowest BCUT2D eigenvalue weighted by Crippen LogP contribution is -1.86. The van der Waals surface area contributed by atoms with E-state index in [1.807, 2.05) is 0 Å². The molecular formula is C18H18P2. The zero-order valence-corrected chi connectivity index (χ0v) is 13.7. The Morgan fingerprint density at radius 2 is 1.35 bits per heavy atom. The molecule has 0 aromatic heterocycles. The second-order valence-corrected chi connectivity index (χ2v) is 5.74. The van der Waals surface area contributed by atoms with E-state index in [1.165, 1.54) is 33.0 Å². The van der Waals surface area contributed by atoms with Crippen molar-refractivity contribution in [3.05, 3.63) is 71.8 Å². The Morgan fingerprint density at radius 3 is 2.05 bits per heavy atom. The molecule has 2 heteroatoms. The summed E-state index contributed by atoms with van der Waals surface area (Å²) in [5, 5.41) is 2.70. The minimum atomic E-state index is 0.993. The van der Waals surface area contributed by atoms with Crippen molar-refractivity contribution in [3.8, 4) is 11.1 Å². The van der Waals surface area contributed by atoms with Gasteiger partial charge >= 0.3 is 0 Å². The SMILES string of the molecule is PCc1ccc(-c2cccc3c(CP)cccc23)cc1. The van der Waals surface area contributed by atoms with Crippen LogP contribution in [-0.4, -0.2) is 0 Å². The van der Waals surface area contributed by atoms with Crippen LogP contribution in [0.4, 0.5) is 0 Å². The van der Waals surface area contributed by atoms with Crippen LogP contribution in [0.15, 0.2) is 60.7 Å². The summed E-state index contributed by atoms with van der Waals surface area (Å²) < 4.78 is 0. The second kappa shape index (κ2) is 6.04. The molecule has 0 bridgehead atoms. The Kier molecular flexibility index (Phi) is 4.16. The van der Waals surface area contributed by atoms with Gasteiger partial charge in [-0.25, -0.2) is 0 Å². The molecule has 0 amide bonds. The molecule has 0 N–H and O–H groups in total. The average Bonchev–Trinajstić information content (AvgIpc) is 2.54. The van der Waals surface area contributed by atoms with E-state index >= 15 is 0 Å². The molecule has 0 aliphatic rings. The van der Waals surface area contributed by atoms with E-state index in [9.17, 15) is 0 Å². The maximum Gasteiger partial charge on any atom is -0.0103 e. The molecule has 100 valence electrons. The number of hydrogen-bond acceptors (Lipinski definition) is 0. The fraction of sp³-hybridized carbons (Fsp3) is 0.111. The molecule has 3 aromatic carbocycles. The van der Waals surface area contributed by atoms with Crippen molar-refractivity contribution in [2.75, 3.05) is 0 Å². The van der Waals surface area contributed by atoms with Gasteiger partial charge < -0.3 is 0 Å². The van der Waals surface area contributed by atoms with Crippen molar-refractivity contribution in [2.45, 2.75) is 12.3 Å². The summed E-state index contributed by atoms with van der Waals surface area (Å²) in [5.74, 6) is 0. The lowest BCUT2D eigenvalue weighted by molar-refractivity contribution is 1.42. The van der Waals surface area contributed by atoms with Gasteiger partial charge in [0.15, 0.2) is 0 Å². The highest BCUT2D eigenvalue weighted by Gasteiger charge is 2.05. The highest BCUT2D eigenvalue weighted by molar-refractivity contribution is 7.15. The first-order chi connectivity index (χ1) is 9.83. The molecule has 0 saturated heterocycles. The number of benzene rings is 3. The average molecular weight is 296 g/mol. The van der Waals surface area contributed by atoms with E-state index < -0.39 is 0 Å². The monoisotopic (exact) mass is 296 g/mol. The van der Waals surface area contributed by atoms with Crippen molar-refractivity contribution >= 4 is 29.3 Å². The smallest absolute Gasteiger partial charge is 0.0103 e. The van der Waals surface area contributed by atoms with Gasteiger partial charge in [0.1, 0.15) is 0 Å². The van der Waals surface area contributed by atoms with E-state index in [0.717, 1.165) is 12.3 Å². The molecule has 3 rings (SSSR count). The molecule has 0 saturated carbocycles. The third-order valence-corrected chi connectivity index (χ3v) is 4.64. The first-order valence-corrected chi connectivity index (χ1v) is 8.47. The van der Waals surface area contributed by atoms with Crippen LogP contribution in [0.5, 0.6) is 0 Å². The van der Waals surface area contributed by atoms with Crippen LogP contribution in [0.3, 0.4) is 0 Å². The predicted octanol–water partition coefficient (Wildman–Crippen LogP) is 5.26. The Labute approximate surface area is 125 Å². The third-order valence-electron chi connectivity index (χ3n) is 3.73. The second-order valence-electron chi connectivity index (χ2n) is 4.92. The molecule has 2 atom stereocenters. The lowest BCUT2D eigenvalue weighted by atomic mass is 9.95. The van der Waals surface area contributed by atoms with Gasteiger partial charge in [-0.05, 0) is 45.4 Å². The van der Waals surface area contributed by atoms with Crippen molar-refractivity contribution in [3.63, 3.8) is 0 Å². The molecule has 0 spiro atoms. The van der Waals surface area contributed by atoms with Crippen LogP contribution >= 0.6 is 18.5 Å². The van der Waals surface area contributed by atoms with Crippen LogP contribution in [-0.2, 0) is 12.3 Å². The van der Waals surface area contributed by atoms with E-state index in [-0.39, 0.29) is 0 Å². The molecule has 0 heterocycles. The largest absolute Gasteiger partial charge is 0.133 e. The van der Waals surface area contributed by atoms with Crippen LogP contribution in [0.1, 0.15) is 11.1 Å². The van der Waals surface area contributed by atoms with Crippen molar-refractivity contribution < 1.29 is 0 Å². The molecule has 0 aliphatic heterocycles. The Balaban J connectivity index is 2.20. The highest BCUT2D eigenvalue weighted by Crippen LogP contribution is 2.31. The zero-order valence-electron chi connectivity index (χ0n) is 11.3. The third kappa shape index (κ3) is 2.51. The fourth-order valence-corrected chi connectivity index (χ4v) is 3.25. The summed E-state index contributed by atoms with van der Waals surface area (Å²) in [6.45, 7) is 0.